The van der Waals surface area contributed by atoms with E-state index >= 15 is 0 Å². The van der Waals surface area contributed by atoms with Crippen LogP contribution in [-0.4, -0.2) is 43.6 Å². The first-order valence-corrected chi connectivity index (χ1v) is 12.6. The van der Waals surface area contributed by atoms with Gasteiger partial charge in [-0.15, -0.1) is 0 Å². The van der Waals surface area contributed by atoms with Crippen molar-refractivity contribution < 1.29 is 9.53 Å². The van der Waals surface area contributed by atoms with Gasteiger partial charge >= 0.3 is 0 Å². The third-order valence-electron chi connectivity index (χ3n) is 5.96. The van der Waals surface area contributed by atoms with Gasteiger partial charge in [0, 0.05) is 49.1 Å². The van der Waals surface area contributed by atoms with Crippen molar-refractivity contribution in [3.8, 4) is 5.75 Å². The van der Waals surface area contributed by atoms with Crippen LogP contribution >= 0.6 is 27.5 Å². The number of anilines is 2. The van der Waals surface area contributed by atoms with Crippen molar-refractivity contribution in [2.24, 2.45) is 0 Å². The Morgan fingerprint density at radius 3 is 2.41 bits per heavy atom. The second kappa shape index (κ2) is 11.3. The van der Waals surface area contributed by atoms with Crippen molar-refractivity contribution in [2.45, 2.75) is 20.4 Å². The fourth-order valence-corrected chi connectivity index (χ4v) is 5.19. The Labute approximate surface area is 214 Å². The van der Waals surface area contributed by atoms with Gasteiger partial charge in [0.05, 0.1) is 4.47 Å². The van der Waals surface area contributed by atoms with E-state index in [2.05, 4.69) is 49.2 Å². The first-order chi connectivity index (χ1) is 16.4. The molecule has 3 aromatic carbocycles. The third-order valence-corrected chi connectivity index (χ3v) is 6.92. The maximum absolute atomic E-state index is 12.4. The molecule has 0 saturated carbocycles. The van der Waals surface area contributed by atoms with Gasteiger partial charge < -0.3 is 15.0 Å². The van der Waals surface area contributed by atoms with Crippen LogP contribution in [0.25, 0.3) is 0 Å². The fourth-order valence-electron chi connectivity index (χ4n) is 4.21. The molecule has 1 aliphatic rings. The van der Waals surface area contributed by atoms with Gasteiger partial charge in [-0.25, -0.2) is 0 Å². The van der Waals surface area contributed by atoms with Gasteiger partial charge in [-0.3, -0.25) is 9.69 Å². The molecule has 7 heteroatoms. The van der Waals surface area contributed by atoms with Crippen LogP contribution in [0.4, 0.5) is 11.4 Å². The van der Waals surface area contributed by atoms with Crippen molar-refractivity contribution >= 4 is 44.8 Å². The number of nitrogens with one attached hydrogen (secondary N) is 1. The number of carbonyl (C=O) groups is 1. The van der Waals surface area contributed by atoms with Crippen molar-refractivity contribution in [1.29, 1.82) is 0 Å². The molecule has 178 valence electrons. The predicted octanol–water partition coefficient (Wildman–Crippen LogP) is 6.06. The minimum atomic E-state index is -0.187. The highest BCUT2D eigenvalue weighted by molar-refractivity contribution is 9.10. The van der Waals surface area contributed by atoms with Crippen molar-refractivity contribution in [3.05, 3.63) is 86.8 Å². The molecule has 5 nitrogen and oxygen atoms in total. The van der Waals surface area contributed by atoms with Crippen LogP contribution < -0.4 is 15.0 Å². The number of aryl methyl sites for hydroxylation is 2. The van der Waals surface area contributed by atoms with Crippen molar-refractivity contribution in [1.82, 2.24) is 4.90 Å². The van der Waals surface area contributed by atoms with Gasteiger partial charge in [0.2, 0.25) is 0 Å². The van der Waals surface area contributed by atoms with E-state index in [-0.39, 0.29) is 12.5 Å². The van der Waals surface area contributed by atoms with E-state index in [1.165, 1.54) is 5.56 Å². The number of carbonyl (C=O) groups excluding carboxylic acids is 1. The number of benzene rings is 3. The lowest BCUT2D eigenvalue weighted by atomic mass is 10.1. The third kappa shape index (κ3) is 6.32. The lowest BCUT2D eigenvalue weighted by Crippen LogP contribution is -2.46. The molecule has 4 rings (SSSR count). The van der Waals surface area contributed by atoms with E-state index < -0.39 is 0 Å². The van der Waals surface area contributed by atoms with Gasteiger partial charge in [0.1, 0.15) is 5.75 Å². The van der Waals surface area contributed by atoms with Crippen LogP contribution in [0.2, 0.25) is 5.02 Å². The summed E-state index contributed by atoms with van der Waals surface area (Å²) in [6.07, 6.45) is 0. The Balaban J connectivity index is 1.26. The smallest absolute Gasteiger partial charge is 0.262 e. The van der Waals surface area contributed by atoms with Crippen LogP contribution in [0.15, 0.2) is 65.1 Å². The topological polar surface area (TPSA) is 44.8 Å². The molecule has 0 aliphatic carbocycles. The predicted molar refractivity (Wildman–Crippen MR) is 143 cm³/mol. The lowest BCUT2D eigenvalue weighted by Gasteiger charge is -2.36. The zero-order valence-corrected chi connectivity index (χ0v) is 21.8. The van der Waals surface area contributed by atoms with E-state index in [1.807, 2.05) is 56.3 Å². The molecule has 1 aliphatic heterocycles. The highest BCUT2D eigenvalue weighted by atomic mass is 79.9. The van der Waals surface area contributed by atoms with E-state index in [0.717, 1.165) is 64.7 Å². The Hall–Kier alpha value is -2.54. The summed E-state index contributed by atoms with van der Waals surface area (Å²) in [4.78, 5) is 17.2. The summed E-state index contributed by atoms with van der Waals surface area (Å²) in [6.45, 7) is 8.70. The number of halogens is 2. The van der Waals surface area contributed by atoms with Gasteiger partial charge in [-0.05, 0) is 82.9 Å². The highest BCUT2D eigenvalue weighted by Gasteiger charge is 2.18. The number of ether oxygens (including phenoxy) is 1. The second-order valence-corrected chi connectivity index (χ2v) is 9.89. The number of piperazine rings is 1. The van der Waals surface area contributed by atoms with Crippen LogP contribution in [0.1, 0.15) is 16.7 Å². The molecular formula is C27H29BrClN3O2. The number of amides is 1. The number of nitrogens with zero attached hydrogens (tertiary/aromatic N) is 2. The molecule has 0 aromatic heterocycles. The van der Waals surface area contributed by atoms with Crippen LogP contribution in [-0.2, 0) is 11.3 Å². The summed E-state index contributed by atoms with van der Waals surface area (Å²) >= 11 is 9.83. The zero-order valence-electron chi connectivity index (χ0n) is 19.5. The molecular weight excluding hydrogens is 514 g/mol. The second-order valence-electron chi connectivity index (χ2n) is 8.63. The van der Waals surface area contributed by atoms with E-state index in [1.54, 1.807) is 0 Å². The number of hydrogen-bond acceptors (Lipinski definition) is 4. The molecule has 34 heavy (non-hydrogen) atoms. The summed E-state index contributed by atoms with van der Waals surface area (Å²) < 4.78 is 6.61. The first-order valence-electron chi connectivity index (χ1n) is 11.4. The SMILES string of the molecule is Cc1cc(C)c(OCC(=O)Nc2ccc(N3CCN(Cc4ccccc4Cl)CC3)cc2)c(Br)c1. The maximum atomic E-state index is 12.4. The quantitative estimate of drug-likeness (QED) is 0.394. The molecule has 0 unspecified atom stereocenters. The summed E-state index contributed by atoms with van der Waals surface area (Å²) in [5, 5.41) is 3.74. The van der Waals surface area contributed by atoms with Crippen molar-refractivity contribution in [2.75, 3.05) is 43.0 Å². The number of rotatable bonds is 7. The minimum absolute atomic E-state index is 0.0440. The normalized spacial score (nSPS) is 14.2. The Morgan fingerprint density at radius 1 is 1.03 bits per heavy atom. The maximum Gasteiger partial charge on any atom is 0.262 e. The average Bonchev–Trinajstić information content (AvgIpc) is 2.81. The Morgan fingerprint density at radius 2 is 1.74 bits per heavy atom. The van der Waals surface area contributed by atoms with E-state index in [0.29, 0.717) is 5.75 Å². The Bertz CT molecular complexity index is 1120. The highest BCUT2D eigenvalue weighted by Crippen LogP contribution is 2.30. The molecule has 1 heterocycles. The van der Waals surface area contributed by atoms with Gasteiger partial charge in [-0.2, -0.15) is 0 Å². The molecule has 1 N–H and O–H groups in total. The van der Waals surface area contributed by atoms with E-state index in [9.17, 15) is 4.79 Å². The summed E-state index contributed by atoms with van der Waals surface area (Å²) in [5.74, 6) is 0.512. The Kier molecular flexibility index (Phi) is 8.14. The minimum Gasteiger partial charge on any atom is -0.482 e. The molecule has 3 aromatic rings. The summed E-state index contributed by atoms with van der Waals surface area (Å²) in [5.41, 5.74) is 5.23. The number of hydrogen-bond donors (Lipinski definition) is 1. The lowest BCUT2D eigenvalue weighted by molar-refractivity contribution is -0.118. The molecule has 0 radical (unpaired) electrons. The van der Waals surface area contributed by atoms with Crippen LogP contribution in [0.3, 0.4) is 0 Å². The molecule has 0 atom stereocenters. The summed E-state index contributed by atoms with van der Waals surface area (Å²) in [6, 6.07) is 20.0. The monoisotopic (exact) mass is 541 g/mol. The average molecular weight is 543 g/mol. The molecule has 1 amide bonds. The molecule has 0 bridgehead atoms. The van der Waals surface area contributed by atoms with Crippen LogP contribution in [0, 0.1) is 13.8 Å². The molecule has 1 fully saturated rings. The van der Waals surface area contributed by atoms with Gasteiger partial charge in [-0.1, -0.05) is 35.9 Å². The van der Waals surface area contributed by atoms with Gasteiger partial charge in [0.15, 0.2) is 6.61 Å². The van der Waals surface area contributed by atoms with Crippen molar-refractivity contribution in [3.63, 3.8) is 0 Å². The fraction of sp³-hybridized carbons (Fsp3) is 0.296. The van der Waals surface area contributed by atoms with Crippen LogP contribution in [0.5, 0.6) is 5.75 Å². The summed E-state index contributed by atoms with van der Waals surface area (Å²) in [7, 11) is 0. The molecule has 1 saturated heterocycles. The molecule has 0 spiro atoms. The standard InChI is InChI=1S/C27H29BrClN3O2/c1-19-15-20(2)27(24(28)16-19)34-18-26(33)30-22-7-9-23(10-8-22)32-13-11-31(12-14-32)17-21-5-3-4-6-25(21)29/h3-10,15-16H,11-14,17-18H2,1-2H3,(H,30,33). The first kappa shape index (κ1) is 24.6. The largest absolute Gasteiger partial charge is 0.482 e. The van der Waals surface area contributed by atoms with Gasteiger partial charge in [0.25, 0.3) is 5.91 Å². The zero-order chi connectivity index (χ0) is 24.1. The van der Waals surface area contributed by atoms with E-state index in [4.69, 9.17) is 16.3 Å².